The van der Waals surface area contributed by atoms with Crippen LogP contribution in [0.3, 0.4) is 0 Å². The van der Waals surface area contributed by atoms with Crippen molar-refractivity contribution in [3.05, 3.63) is 114 Å². The van der Waals surface area contributed by atoms with Gasteiger partial charge >= 0.3 is 6.09 Å². The number of morpholine rings is 1. The largest absolute Gasteiger partial charge is 0.448 e. The first-order chi connectivity index (χ1) is 18.2. The van der Waals surface area contributed by atoms with Gasteiger partial charge in [-0.2, -0.15) is 0 Å². The molecule has 1 saturated heterocycles. The topological polar surface area (TPSA) is 38.8 Å². The third-order valence-corrected chi connectivity index (χ3v) is 7.96. The van der Waals surface area contributed by atoms with Gasteiger partial charge in [-0.1, -0.05) is 84.9 Å². The van der Waals surface area contributed by atoms with E-state index in [-0.39, 0.29) is 29.9 Å². The van der Waals surface area contributed by atoms with Gasteiger partial charge in [0.2, 0.25) is 0 Å². The van der Waals surface area contributed by atoms with E-state index in [0.29, 0.717) is 31.6 Å². The monoisotopic (exact) mass is 491 g/mol. The predicted octanol–water partition coefficient (Wildman–Crippen LogP) is 6.78. The van der Waals surface area contributed by atoms with Crippen LogP contribution < -0.4 is 0 Å². The minimum Gasteiger partial charge on any atom is -0.448 e. The molecule has 4 aromatic carbocycles. The zero-order valence-corrected chi connectivity index (χ0v) is 20.3. The molecule has 2 heterocycles. The summed E-state index contributed by atoms with van der Waals surface area (Å²) >= 11 is 0. The van der Waals surface area contributed by atoms with Crippen molar-refractivity contribution < 1.29 is 18.7 Å². The van der Waals surface area contributed by atoms with Gasteiger partial charge in [-0.15, -0.1) is 0 Å². The first-order valence-corrected chi connectivity index (χ1v) is 12.8. The van der Waals surface area contributed by atoms with E-state index in [1.54, 1.807) is 0 Å². The lowest BCUT2D eigenvalue weighted by Gasteiger charge is -2.44. The van der Waals surface area contributed by atoms with Crippen molar-refractivity contribution in [3.63, 3.8) is 0 Å². The van der Waals surface area contributed by atoms with E-state index in [9.17, 15) is 9.18 Å². The number of halogens is 1. The Bertz CT molecular complexity index is 1520. The minimum atomic E-state index is -0.306. The van der Waals surface area contributed by atoms with Gasteiger partial charge in [0.25, 0.3) is 0 Å². The van der Waals surface area contributed by atoms with Crippen molar-refractivity contribution in [2.24, 2.45) is 0 Å². The summed E-state index contributed by atoms with van der Waals surface area (Å²) in [5.41, 5.74) is 6.95. The average molecular weight is 492 g/mol. The number of amides is 1. The van der Waals surface area contributed by atoms with Crippen LogP contribution in [0.25, 0.3) is 27.5 Å². The number of carbonyl (C=O) groups excluding carboxylic acids is 1. The summed E-state index contributed by atoms with van der Waals surface area (Å²) in [5, 5.41) is 1.50. The Hall–Kier alpha value is -3.96. The zero-order valence-electron chi connectivity index (χ0n) is 20.3. The van der Waals surface area contributed by atoms with Gasteiger partial charge in [0.05, 0.1) is 25.3 Å². The lowest BCUT2D eigenvalue weighted by atomic mass is 9.87. The maximum Gasteiger partial charge on any atom is 0.410 e. The molecule has 0 saturated carbocycles. The van der Waals surface area contributed by atoms with Crippen LogP contribution in [-0.2, 0) is 9.47 Å². The van der Waals surface area contributed by atoms with Crippen molar-refractivity contribution in [2.75, 3.05) is 19.8 Å². The van der Waals surface area contributed by atoms with Crippen LogP contribution in [0.1, 0.15) is 29.0 Å². The molecule has 1 aliphatic carbocycles. The third-order valence-electron chi connectivity index (χ3n) is 7.96. The van der Waals surface area contributed by atoms with Crippen molar-refractivity contribution in [2.45, 2.75) is 24.4 Å². The molecule has 4 aromatic rings. The molecule has 3 aliphatic rings. The van der Waals surface area contributed by atoms with E-state index < -0.39 is 0 Å². The molecule has 2 atom stereocenters. The number of nitrogens with zero attached hydrogens (tertiary/aromatic N) is 1. The van der Waals surface area contributed by atoms with Crippen LogP contribution in [0.2, 0.25) is 0 Å². The Labute approximate surface area is 214 Å². The highest BCUT2D eigenvalue weighted by Gasteiger charge is 2.40. The molecule has 4 nitrogen and oxygen atoms in total. The van der Waals surface area contributed by atoms with E-state index in [1.807, 2.05) is 59.5 Å². The molecule has 1 amide bonds. The Morgan fingerprint density at radius 3 is 2.24 bits per heavy atom. The standard InChI is InChI=1S/C32H26FNO3/c33-31-14-13-23(24-7-5-6-12-29(24)31)20-15-21-17-36-18-22(16-20)34(21)32(35)37-19-30-27-10-3-1-8-25(27)26-9-2-4-11-28(26)30/h1-15,21-22,30H,16-19H2. The maximum absolute atomic E-state index is 14.4. The summed E-state index contributed by atoms with van der Waals surface area (Å²) in [4.78, 5) is 15.3. The van der Waals surface area contributed by atoms with Crippen LogP contribution in [0.15, 0.2) is 91.0 Å². The molecule has 2 bridgehead atoms. The molecular weight excluding hydrogens is 465 g/mol. The van der Waals surface area contributed by atoms with Crippen LogP contribution in [0.5, 0.6) is 0 Å². The van der Waals surface area contributed by atoms with Crippen LogP contribution in [0, 0.1) is 5.82 Å². The molecule has 2 aliphatic heterocycles. The number of hydrogen-bond donors (Lipinski definition) is 0. The van der Waals surface area contributed by atoms with Gasteiger partial charge in [0.1, 0.15) is 12.4 Å². The van der Waals surface area contributed by atoms with E-state index in [0.717, 1.165) is 16.5 Å². The van der Waals surface area contributed by atoms with Crippen LogP contribution >= 0.6 is 0 Å². The maximum atomic E-state index is 14.4. The molecule has 184 valence electrons. The van der Waals surface area contributed by atoms with Gasteiger partial charge < -0.3 is 9.47 Å². The third kappa shape index (κ3) is 3.65. The Kier molecular flexibility index (Phi) is 5.33. The van der Waals surface area contributed by atoms with E-state index in [2.05, 4.69) is 30.3 Å². The Morgan fingerprint density at radius 1 is 0.838 bits per heavy atom. The lowest BCUT2D eigenvalue weighted by molar-refractivity contribution is -0.0331. The van der Waals surface area contributed by atoms with E-state index in [1.165, 1.54) is 28.3 Å². The van der Waals surface area contributed by atoms with Gasteiger partial charge in [-0.05, 0) is 51.3 Å². The molecule has 7 rings (SSSR count). The number of hydrogen-bond acceptors (Lipinski definition) is 3. The summed E-state index contributed by atoms with van der Waals surface area (Å²) in [6, 6.07) is 27.3. The summed E-state index contributed by atoms with van der Waals surface area (Å²) in [6.45, 7) is 1.17. The minimum absolute atomic E-state index is 0.0221. The SMILES string of the molecule is O=C(OCC1c2ccccc2-c2ccccc21)N1C2C=C(c3ccc(F)c4ccccc34)CC1COC2. The van der Waals surface area contributed by atoms with Crippen LogP contribution in [0.4, 0.5) is 9.18 Å². The second-order valence-electron chi connectivity index (χ2n) is 10.0. The first kappa shape index (κ1) is 22.3. The van der Waals surface area contributed by atoms with Crippen molar-refractivity contribution >= 4 is 22.4 Å². The predicted molar refractivity (Wildman–Crippen MR) is 142 cm³/mol. The summed E-state index contributed by atoms with van der Waals surface area (Å²) in [5.74, 6) is -0.200. The highest BCUT2D eigenvalue weighted by atomic mass is 19.1. The quantitative estimate of drug-likeness (QED) is 0.317. The summed E-state index contributed by atoms with van der Waals surface area (Å²) in [7, 11) is 0. The van der Waals surface area contributed by atoms with Gasteiger partial charge in [0.15, 0.2) is 0 Å². The van der Waals surface area contributed by atoms with Gasteiger partial charge in [-0.3, -0.25) is 4.90 Å². The molecule has 37 heavy (non-hydrogen) atoms. The second-order valence-corrected chi connectivity index (χ2v) is 10.0. The highest BCUT2D eigenvalue weighted by molar-refractivity contribution is 5.95. The van der Waals surface area contributed by atoms with Gasteiger partial charge in [0, 0.05) is 11.3 Å². The molecule has 0 aromatic heterocycles. The fourth-order valence-electron chi connectivity index (χ4n) is 6.29. The molecule has 1 fully saturated rings. The van der Waals surface area contributed by atoms with E-state index in [4.69, 9.17) is 9.47 Å². The zero-order chi connectivity index (χ0) is 24.9. The van der Waals surface area contributed by atoms with E-state index >= 15 is 0 Å². The smallest absolute Gasteiger partial charge is 0.410 e. The molecule has 0 radical (unpaired) electrons. The fraction of sp³-hybridized carbons (Fsp3) is 0.219. The molecular formula is C32H26FNO3. The molecule has 0 N–H and O–H groups in total. The Morgan fingerprint density at radius 2 is 1.51 bits per heavy atom. The molecule has 5 heteroatoms. The van der Waals surface area contributed by atoms with Gasteiger partial charge in [-0.25, -0.2) is 9.18 Å². The molecule has 2 unspecified atom stereocenters. The Balaban J connectivity index is 1.15. The van der Waals surface area contributed by atoms with Crippen molar-refractivity contribution in [1.82, 2.24) is 4.90 Å². The first-order valence-electron chi connectivity index (χ1n) is 12.8. The summed E-state index contributed by atoms with van der Waals surface area (Å²) < 4.78 is 26.2. The number of carbonyl (C=O) groups is 1. The van der Waals surface area contributed by atoms with Crippen molar-refractivity contribution in [1.29, 1.82) is 0 Å². The number of rotatable bonds is 3. The number of fused-ring (bicyclic) bond motifs is 6. The fourth-order valence-corrected chi connectivity index (χ4v) is 6.29. The second kappa shape index (κ2) is 8.86. The summed E-state index contributed by atoms with van der Waals surface area (Å²) in [6.07, 6.45) is 2.42. The normalized spacial score (nSPS) is 20.4. The van der Waals surface area contributed by atoms with Crippen LogP contribution in [-0.4, -0.2) is 42.9 Å². The highest BCUT2D eigenvalue weighted by Crippen LogP contribution is 2.45. The van der Waals surface area contributed by atoms with Crippen molar-refractivity contribution in [3.8, 4) is 11.1 Å². The number of benzene rings is 4. The number of ether oxygens (including phenoxy) is 2. The average Bonchev–Trinajstić information content (AvgIpc) is 3.25. The lowest BCUT2D eigenvalue weighted by Crippen LogP contribution is -2.56. The molecule has 0 spiro atoms.